The maximum Gasteiger partial charge on any atom is 0.263 e. The van der Waals surface area contributed by atoms with Gasteiger partial charge in [0, 0.05) is 37.8 Å². The summed E-state index contributed by atoms with van der Waals surface area (Å²) in [5, 5.41) is 3.47. The zero-order valence-corrected chi connectivity index (χ0v) is 19.9. The lowest BCUT2D eigenvalue weighted by Gasteiger charge is -2.38. The molecule has 6 nitrogen and oxygen atoms in total. The number of halogens is 2. The van der Waals surface area contributed by atoms with Crippen molar-refractivity contribution in [1.29, 1.82) is 0 Å². The number of nitrogens with one attached hydrogen (secondary N) is 1. The van der Waals surface area contributed by atoms with Gasteiger partial charge in [0.05, 0.1) is 0 Å². The molecular formula is C23H36Cl2N4O2. The Bertz CT molecular complexity index is 816. The largest absolute Gasteiger partial charge is 0.338 e. The van der Waals surface area contributed by atoms with Crippen LogP contribution >= 0.6 is 24.8 Å². The fraction of sp³-hybridized carbons (Fsp3) is 0.739. The monoisotopic (exact) mass is 470 g/mol. The Morgan fingerprint density at radius 2 is 1.77 bits per heavy atom. The predicted molar refractivity (Wildman–Crippen MR) is 128 cm³/mol. The molecule has 3 saturated heterocycles. The first-order chi connectivity index (χ1) is 14.2. The van der Waals surface area contributed by atoms with Crippen LogP contribution in [0.3, 0.4) is 0 Å². The third-order valence-electron chi connectivity index (χ3n) is 7.69. The third-order valence-corrected chi connectivity index (χ3v) is 7.69. The van der Waals surface area contributed by atoms with E-state index in [1.165, 1.54) is 38.9 Å². The van der Waals surface area contributed by atoms with Crippen LogP contribution in [-0.2, 0) is 6.54 Å². The van der Waals surface area contributed by atoms with Gasteiger partial charge < -0.3 is 19.7 Å². The number of nitrogens with zero attached hydrogens (tertiary/aromatic N) is 3. The first kappa shape index (κ1) is 24.6. The number of amides is 1. The van der Waals surface area contributed by atoms with Gasteiger partial charge in [-0.1, -0.05) is 0 Å². The highest BCUT2D eigenvalue weighted by Gasteiger charge is 2.33. The van der Waals surface area contributed by atoms with Crippen LogP contribution < -0.4 is 10.9 Å². The predicted octanol–water partition coefficient (Wildman–Crippen LogP) is 2.74. The van der Waals surface area contributed by atoms with E-state index in [0.717, 1.165) is 63.6 Å². The van der Waals surface area contributed by atoms with Gasteiger partial charge in [-0.2, -0.15) is 0 Å². The molecule has 0 aromatic carbocycles. The number of carbonyl (C=O) groups is 1. The van der Waals surface area contributed by atoms with E-state index in [9.17, 15) is 9.59 Å². The molecule has 1 aromatic heterocycles. The minimum absolute atomic E-state index is 0. The second-order valence-electron chi connectivity index (χ2n) is 9.62. The molecule has 1 aromatic rings. The highest BCUT2D eigenvalue weighted by Crippen LogP contribution is 2.32. The topological polar surface area (TPSA) is 57.6 Å². The standard InChI is InChI=1S/C23H34N4O2.2ClH/c28-22(26-11-6-17(7-12-26)5-10-25-8-1-2-9-25)20-3-4-21-19-13-18(14-24-15-19)16-27(21)23(20)29;;/h3-4,17-19,24H,1-2,5-16H2;2*1H/t18-,19+;;/m0../s1. The molecule has 1 N–H and O–H groups in total. The number of hydrogen-bond donors (Lipinski definition) is 1. The van der Waals surface area contributed by atoms with Crippen LogP contribution in [-0.4, -0.2) is 66.1 Å². The van der Waals surface area contributed by atoms with E-state index in [0.29, 0.717) is 17.4 Å². The summed E-state index contributed by atoms with van der Waals surface area (Å²) < 4.78 is 1.90. The maximum absolute atomic E-state index is 13.1. The average Bonchev–Trinajstić information content (AvgIpc) is 3.27. The number of likely N-dealkylation sites (tertiary alicyclic amines) is 2. The minimum Gasteiger partial charge on any atom is -0.338 e. The Morgan fingerprint density at radius 3 is 2.52 bits per heavy atom. The van der Waals surface area contributed by atoms with Crippen molar-refractivity contribution >= 4 is 30.7 Å². The van der Waals surface area contributed by atoms with Crippen molar-refractivity contribution in [3.05, 3.63) is 33.7 Å². The van der Waals surface area contributed by atoms with Crippen molar-refractivity contribution in [2.45, 2.75) is 51.0 Å². The highest BCUT2D eigenvalue weighted by atomic mass is 35.5. The number of pyridine rings is 1. The van der Waals surface area contributed by atoms with Crippen LogP contribution in [0.2, 0.25) is 0 Å². The normalized spacial score (nSPS) is 26.0. The van der Waals surface area contributed by atoms with Gasteiger partial charge in [-0.3, -0.25) is 9.59 Å². The van der Waals surface area contributed by atoms with Crippen molar-refractivity contribution < 1.29 is 4.79 Å². The van der Waals surface area contributed by atoms with E-state index in [1.807, 2.05) is 15.5 Å². The summed E-state index contributed by atoms with van der Waals surface area (Å²) in [4.78, 5) is 30.7. The molecule has 0 spiro atoms. The van der Waals surface area contributed by atoms with Gasteiger partial charge in [-0.25, -0.2) is 0 Å². The number of hydrogen-bond acceptors (Lipinski definition) is 4. The van der Waals surface area contributed by atoms with Crippen molar-refractivity contribution in [2.75, 3.05) is 45.8 Å². The molecule has 0 saturated carbocycles. The lowest BCUT2D eigenvalue weighted by atomic mass is 9.84. The molecule has 2 bridgehead atoms. The van der Waals surface area contributed by atoms with Gasteiger partial charge in [-0.05, 0) is 88.7 Å². The molecule has 31 heavy (non-hydrogen) atoms. The SMILES string of the molecule is Cl.Cl.O=C(c1ccc2n(c1=O)C[C@@H]1CNC[C@H]2C1)N1CCC(CCN2CCCC2)CC1. The Morgan fingerprint density at radius 1 is 1.03 bits per heavy atom. The van der Waals surface area contributed by atoms with Crippen molar-refractivity contribution in [1.82, 2.24) is 19.7 Å². The van der Waals surface area contributed by atoms with Crippen molar-refractivity contribution in [3.8, 4) is 0 Å². The van der Waals surface area contributed by atoms with Crippen molar-refractivity contribution in [3.63, 3.8) is 0 Å². The van der Waals surface area contributed by atoms with Gasteiger partial charge >= 0.3 is 0 Å². The molecule has 4 aliphatic heterocycles. The van der Waals surface area contributed by atoms with Gasteiger partial charge in [-0.15, -0.1) is 24.8 Å². The molecular weight excluding hydrogens is 435 g/mol. The first-order valence-electron chi connectivity index (χ1n) is 11.6. The third kappa shape index (κ3) is 5.13. The summed E-state index contributed by atoms with van der Waals surface area (Å²) in [6.07, 6.45) is 7.25. The number of rotatable bonds is 4. The Balaban J connectivity index is 0.00000136. The van der Waals surface area contributed by atoms with E-state index >= 15 is 0 Å². The van der Waals surface area contributed by atoms with Gasteiger partial charge in [0.1, 0.15) is 5.56 Å². The molecule has 0 radical (unpaired) electrons. The number of aromatic nitrogens is 1. The minimum atomic E-state index is -0.0692. The zero-order chi connectivity index (χ0) is 19.8. The van der Waals surface area contributed by atoms with E-state index < -0.39 is 0 Å². The maximum atomic E-state index is 13.1. The van der Waals surface area contributed by atoms with Gasteiger partial charge in [0.25, 0.3) is 11.5 Å². The summed E-state index contributed by atoms with van der Waals surface area (Å²) >= 11 is 0. The van der Waals surface area contributed by atoms with Crippen LogP contribution in [0.25, 0.3) is 0 Å². The van der Waals surface area contributed by atoms with Crippen molar-refractivity contribution in [2.24, 2.45) is 11.8 Å². The molecule has 1 amide bonds. The summed E-state index contributed by atoms with van der Waals surface area (Å²) in [6.45, 7) is 7.98. The van der Waals surface area contributed by atoms with E-state index in [1.54, 1.807) is 6.07 Å². The quantitative estimate of drug-likeness (QED) is 0.734. The highest BCUT2D eigenvalue weighted by molar-refractivity contribution is 5.94. The molecule has 5 rings (SSSR count). The molecule has 3 fully saturated rings. The molecule has 4 aliphatic rings. The average molecular weight is 471 g/mol. The van der Waals surface area contributed by atoms with Crippen LogP contribution in [0.1, 0.15) is 60.5 Å². The Hall–Kier alpha value is -1.08. The molecule has 8 heteroatoms. The Labute approximate surface area is 197 Å². The van der Waals surface area contributed by atoms with Crippen LogP contribution in [0.5, 0.6) is 0 Å². The van der Waals surface area contributed by atoms with Crippen LogP contribution in [0.4, 0.5) is 0 Å². The molecule has 5 heterocycles. The summed E-state index contributed by atoms with van der Waals surface area (Å²) in [5.41, 5.74) is 1.41. The molecule has 0 unspecified atom stereocenters. The number of piperidine rings is 2. The molecule has 0 aliphatic carbocycles. The van der Waals surface area contributed by atoms with E-state index in [2.05, 4.69) is 10.2 Å². The second-order valence-corrected chi connectivity index (χ2v) is 9.62. The summed E-state index contributed by atoms with van der Waals surface area (Å²) in [6, 6.07) is 3.83. The van der Waals surface area contributed by atoms with E-state index in [4.69, 9.17) is 0 Å². The van der Waals surface area contributed by atoms with Gasteiger partial charge in [0.2, 0.25) is 0 Å². The first-order valence-corrected chi connectivity index (χ1v) is 11.6. The van der Waals surface area contributed by atoms with Gasteiger partial charge in [0.15, 0.2) is 0 Å². The lowest BCUT2D eigenvalue weighted by molar-refractivity contribution is 0.0679. The second kappa shape index (κ2) is 10.7. The number of fused-ring (bicyclic) bond motifs is 4. The summed E-state index contributed by atoms with van der Waals surface area (Å²) in [5.74, 6) is 1.58. The van der Waals surface area contributed by atoms with Crippen LogP contribution in [0.15, 0.2) is 16.9 Å². The Kier molecular flexibility index (Phi) is 8.47. The number of carbonyl (C=O) groups excluding carboxylic acids is 1. The fourth-order valence-electron chi connectivity index (χ4n) is 5.92. The molecule has 174 valence electrons. The smallest absolute Gasteiger partial charge is 0.263 e. The lowest BCUT2D eigenvalue weighted by Crippen LogP contribution is -2.47. The molecule has 2 atom stereocenters. The fourth-order valence-corrected chi connectivity index (χ4v) is 5.92. The zero-order valence-electron chi connectivity index (χ0n) is 18.3. The van der Waals surface area contributed by atoms with E-state index in [-0.39, 0.29) is 36.3 Å². The van der Waals surface area contributed by atoms with Crippen LogP contribution in [0, 0.1) is 11.8 Å². The summed E-state index contributed by atoms with van der Waals surface area (Å²) in [7, 11) is 0.